The van der Waals surface area contributed by atoms with E-state index < -0.39 is 6.03 Å². The first-order valence-electron chi connectivity index (χ1n) is 8.09. The maximum atomic E-state index is 11.8. The van der Waals surface area contributed by atoms with Crippen molar-refractivity contribution in [3.05, 3.63) is 0 Å². The van der Waals surface area contributed by atoms with Crippen molar-refractivity contribution in [1.82, 2.24) is 25.4 Å². The highest BCUT2D eigenvalue weighted by Gasteiger charge is 2.32. The third-order valence-corrected chi connectivity index (χ3v) is 4.81. The number of carbonyl (C=O) groups excluding carboxylic acids is 2. The van der Waals surface area contributed by atoms with Crippen LogP contribution in [-0.4, -0.2) is 52.1 Å². The molecule has 0 aromatic carbocycles. The van der Waals surface area contributed by atoms with E-state index in [1.165, 1.54) is 24.6 Å². The van der Waals surface area contributed by atoms with E-state index in [4.69, 9.17) is 0 Å². The van der Waals surface area contributed by atoms with Gasteiger partial charge in [0.2, 0.25) is 11.9 Å². The molecule has 1 saturated carbocycles. The lowest BCUT2D eigenvalue weighted by molar-refractivity contribution is -0.117. The maximum Gasteiger partial charge on any atom is 0.321 e. The van der Waals surface area contributed by atoms with Gasteiger partial charge in [0.15, 0.2) is 5.16 Å². The zero-order valence-corrected chi connectivity index (χ0v) is 14.1. The summed E-state index contributed by atoms with van der Waals surface area (Å²) in [6.07, 6.45) is 4.65. The molecule has 3 rings (SSSR count). The first-order chi connectivity index (χ1) is 11.2. The van der Waals surface area contributed by atoms with Crippen molar-refractivity contribution in [3.63, 3.8) is 0 Å². The fraction of sp³-hybridized carbons (Fsp3) is 0.714. The molecule has 1 aliphatic carbocycles. The van der Waals surface area contributed by atoms with Crippen LogP contribution in [0.25, 0.3) is 0 Å². The molecule has 126 valence electrons. The van der Waals surface area contributed by atoms with Gasteiger partial charge in [-0.3, -0.25) is 14.7 Å². The van der Waals surface area contributed by atoms with Gasteiger partial charge in [-0.25, -0.2) is 4.79 Å². The fourth-order valence-electron chi connectivity index (χ4n) is 2.65. The molecule has 1 saturated heterocycles. The highest BCUT2D eigenvalue weighted by Crippen LogP contribution is 2.41. The number of nitrogens with zero attached hydrogens (tertiary/aromatic N) is 4. The Labute approximate surface area is 139 Å². The van der Waals surface area contributed by atoms with Gasteiger partial charge in [0.25, 0.3) is 0 Å². The molecule has 3 amide bonds. The second kappa shape index (κ2) is 7.20. The predicted octanol–water partition coefficient (Wildman–Crippen LogP) is 1.15. The zero-order chi connectivity index (χ0) is 16.2. The minimum Gasteiger partial charge on any atom is -0.341 e. The molecular formula is C14H22N6O2S. The standard InChI is InChI=1S/C14H22N6O2S/c1-2-15-12(22)16-11(21)9-23-14-18-17-13(19-7-3-4-8-19)20(14)10-5-6-10/h10H,2-9H2,1H3,(H2,15,16,21,22). The molecule has 0 unspecified atom stereocenters. The topological polar surface area (TPSA) is 92.2 Å². The summed E-state index contributed by atoms with van der Waals surface area (Å²) >= 11 is 1.33. The number of amides is 3. The van der Waals surface area contributed by atoms with Crippen LogP contribution in [0.1, 0.15) is 38.6 Å². The van der Waals surface area contributed by atoms with Crippen molar-refractivity contribution in [2.75, 3.05) is 30.3 Å². The van der Waals surface area contributed by atoms with E-state index in [0.29, 0.717) is 12.6 Å². The van der Waals surface area contributed by atoms with Gasteiger partial charge in [-0.1, -0.05) is 11.8 Å². The summed E-state index contributed by atoms with van der Waals surface area (Å²) in [7, 11) is 0. The van der Waals surface area contributed by atoms with Crippen molar-refractivity contribution >= 4 is 29.6 Å². The van der Waals surface area contributed by atoms with Gasteiger partial charge in [0.1, 0.15) is 0 Å². The molecule has 8 nitrogen and oxygen atoms in total. The third-order valence-electron chi connectivity index (χ3n) is 3.87. The number of carbonyl (C=O) groups is 2. The van der Waals surface area contributed by atoms with Crippen molar-refractivity contribution < 1.29 is 9.59 Å². The van der Waals surface area contributed by atoms with Gasteiger partial charge < -0.3 is 10.2 Å². The molecule has 2 heterocycles. The molecule has 1 aromatic heterocycles. The quantitative estimate of drug-likeness (QED) is 0.756. The van der Waals surface area contributed by atoms with Crippen LogP contribution in [0.5, 0.6) is 0 Å². The van der Waals surface area contributed by atoms with Crippen LogP contribution in [0.2, 0.25) is 0 Å². The zero-order valence-electron chi connectivity index (χ0n) is 13.2. The maximum absolute atomic E-state index is 11.8. The van der Waals surface area contributed by atoms with E-state index in [0.717, 1.165) is 37.0 Å². The third kappa shape index (κ3) is 3.95. The van der Waals surface area contributed by atoms with Crippen LogP contribution < -0.4 is 15.5 Å². The molecule has 2 fully saturated rings. The minimum absolute atomic E-state index is 0.155. The SMILES string of the molecule is CCNC(=O)NC(=O)CSc1nnc(N2CCCC2)n1C1CC1. The molecule has 0 bridgehead atoms. The average Bonchev–Trinajstić information content (AvgIpc) is 3.05. The Hall–Kier alpha value is -1.77. The Morgan fingerprint density at radius 2 is 2.00 bits per heavy atom. The van der Waals surface area contributed by atoms with E-state index in [2.05, 4.69) is 30.3 Å². The predicted molar refractivity (Wildman–Crippen MR) is 87.7 cm³/mol. The molecule has 0 spiro atoms. The minimum atomic E-state index is -0.459. The first kappa shape index (κ1) is 16.1. The molecule has 2 aliphatic rings. The van der Waals surface area contributed by atoms with Gasteiger partial charge in [-0.05, 0) is 32.6 Å². The van der Waals surface area contributed by atoms with Gasteiger partial charge in [0, 0.05) is 25.7 Å². The molecule has 9 heteroatoms. The van der Waals surface area contributed by atoms with Gasteiger partial charge in [-0.15, -0.1) is 10.2 Å². The fourth-order valence-corrected chi connectivity index (χ4v) is 3.45. The van der Waals surface area contributed by atoms with E-state index in [1.54, 1.807) is 6.92 Å². The van der Waals surface area contributed by atoms with Gasteiger partial charge in [-0.2, -0.15) is 0 Å². The molecule has 23 heavy (non-hydrogen) atoms. The van der Waals surface area contributed by atoms with E-state index >= 15 is 0 Å². The monoisotopic (exact) mass is 338 g/mol. The Kier molecular flexibility index (Phi) is 5.04. The number of thioether (sulfide) groups is 1. The van der Waals surface area contributed by atoms with E-state index in [9.17, 15) is 9.59 Å². The summed E-state index contributed by atoms with van der Waals surface area (Å²) in [5, 5.41) is 14.2. The summed E-state index contributed by atoms with van der Waals surface area (Å²) in [5.74, 6) is 0.757. The Bertz CT molecular complexity index is 580. The molecule has 2 N–H and O–H groups in total. The van der Waals surface area contributed by atoms with Crippen molar-refractivity contribution in [3.8, 4) is 0 Å². The Morgan fingerprint density at radius 3 is 2.65 bits per heavy atom. The molecule has 0 atom stereocenters. The summed E-state index contributed by atoms with van der Waals surface area (Å²) < 4.78 is 2.16. The second-order valence-corrected chi connectivity index (χ2v) is 6.72. The van der Waals surface area contributed by atoms with Crippen LogP contribution in [0.3, 0.4) is 0 Å². The van der Waals surface area contributed by atoms with Crippen LogP contribution in [0.4, 0.5) is 10.7 Å². The van der Waals surface area contributed by atoms with Crippen LogP contribution in [-0.2, 0) is 4.79 Å². The lowest BCUT2D eigenvalue weighted by Gasteiger charge is -2.17. The number of hydrogen-bond donors (Lipinski definition) is 2. The number of nitrogens with one attached hydrogen (secondary N) is 2. The Morgan fingerprint density at radius 1 is 1.26 bits per heavy atom. The van der Waals surface area contributed by atoms with Crippen LogP contribution in [0.15, 0.2) is 5.16 Å². The van der Waals surface area contributed by atoms with Crippen molar-refractivity contribution in [2.24, 2.45) is 0 Å². The average molecular weight is 338 g/mol. The number of urea groups is 1. The lowest BCUT2D eigenvalue weighted by Crippen LogP contribution is -2.40. The molecular weight excluding hydrogens is 316 g/mol. The second-order valence-electron chi connectivity index (χ2n) is 5.77. The summed E-state index contributed by atoms with van der Waals surface area (Å²) in [5.41, 5.74) is 0. The molecule has 1 aromatic rings. The smallest absolute Gasteiger partial charge is 0.321 e. The van der Waals surface area contributed by atoms with Crippen LogP contribution in [0, 0.1) is 0 Å². The molecule has 1 aliphatic heterocycles. The lowest BCUT2D eigenvalue weighted by atomic mass is 10.4. The number of aromatic nitrogens is 3. The van der Waals surface area contributed by atoms with E-state index in [1.807, 2.05) is 0 Å². The van der Waals surface area contributed by atoms with Crippen molar-refractivity contribution in [1.29, 1.82) is 0 Å². The van der Waals surface area contributed by atoms with Gasteiger partial charge >= 0.3 is 6.03 Å². The number of rotatable bonds is 6. The highest BCUT2D eigenvalue weighted by atomic mass is 32.2. The Balaban J connectivity index is 1.61. The molecule has 0 radical (unpaired) electrons. The summed E-state index contributed by atoms with van der Waals surface area (Å²) in [6, 6.07) is -0.00549. The highest BCUT2D eigenvalue weighted by molar-refractivity contribution is 7.99. The van der Waals surface area contributed by atoms with E-state index in [-0.39, 0.29) is 11.7 Å². The number of hydrogen-bond acceptors (Lipinski definition) is 6. The largest absolute Gasteiger partial charge is 0.341 e. The van der Waals surface area contributed by atoms with Crippen molar-refractivity contribution in [2.45, 2.75) is 43.8 Å². The first-order valence-corrected chi connectivity index (χ1v) is 9.08. The summed E-state index contributed by atoms with van der Waals surface area (Å²) in [4.78, 5) is 25.4. The summed E-state index contributed by atoms with van der Waals surface area (Å²) in [6.45, 7) is 4.33. The normalized spacial score (nSPS) is 17.3. The van der Waals surface area contributed by atoms with Crippen LogP contribution >= 0.6 is 11.8 Å². The van der Waals surface area contributed by atoms with Gasteiger partial charge in [0.05, 0.1) is 5.75 Å². The number of anilines is 1. The number of imide groups is 1.